The molecular weight excluding hydrogens is 376 g/mol. The minimum atomic E-state index is -0.173. The molecule has 0 radical (unpaired) electrons. The van der Waals surface area contributed by atoms with Crippen molar-refractivity contribution >= 4 is 5.78 Å². The molecule has 1 heterocycles. The van der Waals surface area contributed by atoms with Gasteiger partial charge >= 0.3 is 0 Å². The molecule has 0 bridgehead atoms. The number of methoxy groups -OCH3 is 2. The Balaban J connectivity index is 1.80. The normalized spacial score (nSPS) is 10.6. The number of carbonyl (C=O) groups excluding carboxylic acids is 1. The molecule has 3 aromatic carbocycles. The second-order valence-electron chi connectivity index (χ2n) is 7.01. The van der Waals surface area contributed by atoms with Gasteiger partial charge in [-0.1, -0.05) is 29.8 Å². The molecule has 0 aliphatic heterocycles. The minimum absolute atomic E-state index is 0.173. The Morgan fingerprint density at radius 2 is 1.27 bits per heavy atom. The quantitative estimate of drug-likeness (QED) is 0.364. The van der Waals surface area contributed by atoms with Crippen molar-refractivity contribution in [2.75, 3.05) is 14.2 Å². The Bertz CT molecular complexity index is 1150. The molecule has 4 nitrogen and oxygen atoms in total. The Kier molecular flexibility index (Phi) is 5.40. The summed E-state index contributed by atoms with van der Waals surface area (Å²) in [5.41, 5.74) is 4.26. The van der Waals surface area contributed by atoms with Crippen LogP contribution in [0, 0.1) is 6.92 Å². The third kappa shape index (κ3) is 3.85. The SMILES string of the molecule is COc1ccc(C(=O)c2oc(-c3ccc(OC)cc3)cc2-c2ccc(C)cc2)cc1. The van der Waals surface area contributed by atoms with E-state index in [9.17, 15) is 4.79 Å². The van der Waals surface area contributed by atoms with Crippen molar-refractivity contribution in [3.8, 4) is 33.9 Å². The number of ether oxygens (including phenoxy) is 2. The maximum atomic E-state index is 13.3. The summed E-state index contributed by atoms with van der Waals surface area (Å²) in [6.07, 6.45) is 0. The van der Waals surface area contributed by atoms with Gasteiger partial charge in [0.05, 0.1) is 14.2 Å². The van der Waals surface area contributed by atoms with Crippen LogP contribution in [0.2, 0.25) is 0 Å². The number of hydrogen-bond acceptors (Lipinski definition) is 4. The second-order valence-corrected chi connectivity index (χ2v) is 7.01. The topological polar surface area (TPSA) is 48.7 Å². The molecule has 4 aromatic rings. The van der Waals surface area contributed by atoms with E-state index < -0.39 is 0 Å². The van der Waals surface area contributed by atoms with Crippen molar-refractivity contribution in [1.29, 1.82) is 0 Å². The molecule has 0 fully saturated rings. The second kappa shape index (κ2) is 8.29. The van der Waals surface area contributed by atoms with E-state index in [1.807, 2.05) is 61.5 Å². The van der Waals surface area contributed by atoms with Crippen molar-refractivity contribution in [2.24, 2.45) is 0 Å². The monoisotopic (exact) mass is 398 g/mol. The van der Waals surface area contributed by atoms with Gasteiger partial charge in [0.25, 0.3) is 0 Å². The highest BCUT2D eigenvalue weighted by Crippen LogP contribution is 2.35. The van der Waals surface area contributed by atoms with Crippen LogP contribution < -0.4 is 9.47 Å². The lowest BCUT2D eigenvalue weighted by Crippen LogP contribution is -2.01. The molecule has 0 spiro atoms. The molecule has 0 unspecified atom stereocenters. The van der Waals surface area contributed by atoms with E-state index in [-0.39, 0.29) is 5.78 Å². The van der Waals surface area contributed by atoms with Crippen LogP contribution in [0.25, 0.3) is 22.5 Å². The van der Waals surface area contributed by atoms with Crippen LogP contribution in [0.4, 0.5) is 0 Å². The van der Waals surface area contributed by atoms with Gasteiger partial charge < -0.3 is 13.9 Å². The largest absolute Gasteiger partial charge is 0.497 e. The van der Waals surface area contributed by atoms with E-state index in [1.165, 1.54) is 0 Å². The molecule has 0 amide bonds. The molecule has 0 N–H and O–H groups in total. The van der Waals surface area contributed by atoms with Crippen LogP contribution in [0.5, 0.6) is 11.5 Å². The van der Waals surface area contributed by atoms with E-state index in [4.69, 9.17) is 13.9 Å². The molecule has 30 heavy (non-hydrogen) atoms. The zero-order chi connectivity index (χ0) is 21.1. The highest BCUT2D eigenvalue weighted by Gasteiger charge is 2.22. The lowest BCUT2D eigenvalue weighted by molar-refractivity contribution is 0.101. The van der Waals surface area contributed by atoms with E-state index >= 15 is 0 Å². The van der Waals surface area contributed by atoms with Gasteiger partial charge in [0.1, 0.15) is 17.3 Å². The lowest BCUT2D eigenvalue weighted by Gasteiger charge is -2.04. The Labute approximate surface area is 175 Å². The highest BCUT2D eigenvalue weighted by atomic mass is 16.5. The number of furan rings is 1. The Hall–Kier alpha value is -3.79. The fraction of sp³-hybridized carbons (Fsp3) is 0.115. The fourth-order valence-corrected chi connectivity index (χ4v) is 3.28. The first-order chi connectivity index (χ1) is 14.6. The summed E-state index contributed by atoms with van der Waals surface area (Å²) < 4.78 is 16.5. The summed E-state index contributed by atoms with van der Waals surface area (Å²) in [4.78, 5) is 13.3. The minimum Gasteiger partial charge on any atom is -0.497 e. The van der Waals surface area contributed by atoms with E-state index in [0.29, 0.717) is 22.8 Å². The third-order valence-electron chi connectivity index (χ3n) is 5.03. The average Bonchev–Trinajstić information content (AvgIpc) is 3.24. The highest BCUT2D eigenvalue weighted by molar-refractivity contribution is 6.11. The van der Waals surface area contributed by atoms with Gasteiger partial charge in [-0.05, 0) is 67.1 Å². The molecule has 4 heteroatoms. The standard InChI is InChI=1S/C26H22O4/c1-17-4-6-18(7-5-17)23-16-24(19-8-12-21(28-2)13-9-19)30-26(23)25(27)20-10-14-22(29-3)15-11-20/h4-16H,1-3H3. The van der Waals surface area contributed by atoms with Crippen LogP contribution in [0.1, 0.15) is 21.7 Å². The fourth-order valence-electron chi connectivity index (χ4n) is 3.28. The molecule has 4 rings (SSSR count). The van der Waals surface area contributed by atoms with Gasteiger partial charge in [0.15, 0.2) is 5.76 Å². The van der Waals surface area contributed by atoms with Gasteiger partial charge in [-0.3, -0.25) is 4.79 Å². The van der Waals surface area contributed by atoms with E-state index in [0.717, 1.165) is 28.0 Å². The number of benzene rings is 3. The number of carbonyl (C=O) groups is 1. The molecule has 0 atom stereocenters. The molecule has 1 aromatic heterocycles. The van der Waals surface area contributed by atoms with Crippen LogP contribution in [-0.4, -0.2) is 20.0 Å². The van der Waals surface area contributed by atoms with Gasteiger partial charge in [-0.25, -0.2) is 0 Å². The molecule has 0 aliphatic rings. The summed E-state index contributed by atoms with van der Waals surface area (Å²) in [5, 5.41) is 0. The summed E-state index contributed by atoms with van der Waals surface area (Å²) in [7, 11) is 3.23. The number of ketones is 1. The number of rotatable bonds is 6. The first-order valence-corrected chi connectivity index (χ1v) is 9.63. The van der Waals surface area contributed by atoms with Crippen molar-refractivity contribution in [2.45, 2.75) is 6.92 Å². The predicted octanol–water partition coefficient (Wildman–Crippen LogP) is 6.17. The number of hydrogen-bond donors (Lipinski definition) is 0. The predicted molar refractivity (Wildman–Crippen MR) is 117 cm³/mol. The molecular formula is C26H22O4. The first-order valence-electron chi connectivity index (χ1n) is 9.63. The van der Waals surface area contributed by atoms with Crippen LogP contribution in [0.3, 0.4) is 0 Å². The third-order valence-corrected chi connectivity index (χ3v) is 5.03. The number of aryl methyl sites for hydroxylation is 1. The Morgan fingerprint density at radius 1 is 0.733 bits per heavy atom. The zero-order valence-corrected chi connectivity index (χ0v) is 17.1. The lowest BCUT2D eigenvalue weighted by atomic mass is 9.99. The first kappa shape index (κ1) is 19.5. The van der Waals surface area contributed by atoms with Crippen LogP contribution in [-0.2, 0) is 0 Å². The van der Waals surface area contributed by atoms with Gasteiger partial charge in [0, 0.05) is 16.7 Å². The van der Waals surface area contributed by atoms with Gasteiger partial charge in [0.2, 0.25) is 5.78 Å². The molecule has 150 valence electrons. The molecule has 0 saturated heterocycles. The zero-order valence-electron chi connectivity index (χ0n) is 17.1. The summed E-state index contributed by atoms with van der Waals surface area (Å²) in [6.45, 7) is 2.03. The smallest absolute Gasteiger partial charge is 0.228 e. The van der Waals surface area contributed by atoms with Gasteiger partial charge in [-0.2, -0.15) is 0 Å². The maximum Gasteiger partial charge on any atom is 0.228 e. The van der Waals surface area contributed by atoms with Crippen molar-refractivity contribution in [3.05, 3.63) is 95.7 Å². The van der Waals surface area contributed by atoms with Crippen LogP contribution in [0.15, 0.2) is 83.3 Å². The van der Waals surface area contributed by atoms with Crippen molar-refractivity contribution in [3.63, 3.8) is 0 Å². The van der Waals surface area contributed by atoms with Crippen LogP contribution >= 0.6 is 0 Å². The summed E-state index contributed by atoms with van der Waals surface area (Å²) in [6, 6.07) is 24.6. The molecule has 0 aliphatic carbocycles. The average molecular weight is 398 g/mol. The van der Waals surface area contributed by atoms with E-state index in [1.54, 1.807) is 38.5 Å². The molecule has 0 saturated carbocycles. The van der Waals surface area contributed by atoms with Gasteiger partial charge in [-0.15, -0.1) is 0 Å². The summed E-state index contributed by atoms with van der Waals surface area (Å²) in [5.74, 6) is 2.23. The van der Waals surface area contributed by atoms with Crippen molar-refractivity contribution < 1.29 is 18.7 Å². The van der Waals surface area contributed by atoms with Crippen molar-refractivity contribution in [1.82, 2.24) is 0 Å². The Morgan fingerprint density at radius 3 is 1.83 bits per heavy atom. The summed E-state index contributed by atoms with van der Waals surface area (Å²) >= 11 is 0. The van der Waals surface area contributed by atoms with E-state index in [2.05, 4.69) is 0 Å². The maximum absolute atomic E-state index is 13.3.